The Balaban J connectivity index is 1.96. The number of hydrogen-bond donors (Lipinski definition) is 2. The largest absolute Gasteiger partial charge is 0.493 e. The van der Waals surface area contributed by atoms with E-state index in [1.165, 1.54) is 22.3 Å². The van der Waals surface area contributed by atoms with E-state index in [0.717, 1.165) is 35.4 Å². The minimum absolute atomic E-state index is 0.171. The Morgan fingerprint density at radius 1 is 1.10 bits per heavy atom. The molecule has 0 fully saturated rings. The number of rotatable bonds is 4. The van der Waals surface area contributed by atoms with E-state index in [1.807, 2.05) is 20.8 Å². The number of amides is 2. The molecule has 156 valence electrons. The monoisotopic (exact) mass is 394 g/mol. The molecule has 0 radical (unpaired) electrons. The highest BCUT2D eigenvalue weighted by Crippen LogP contribution is 2.41. The van der Waals surface area contributed by atoms with Crippen molar-refractivity contribution in [1.29, 1.82) is 0 Å². The molecule has 2 aromatic rings. The van der Waals surface area contributed by atoms with Crippen LogP contribution in [0.25, 0.3) is 0 Å². The molecular formula is C25H34N2O2. The summed E-state index contributed by atoms with van der Waals surface area (Å²) in [6.45, 7) is 15.2. The molecule has 0 saturated heterocycles. The van der Waals surface area contributed by atoms with Crippen LogP contribution in [0.5, 0.6) is 5.75 Å². The van der Waals surface area contributed by atoms with Crippen LogP contribution in [0.3, 0.4) is 0 Å². The number of carbonyl (C=O) groups excluding carboxylic acids is 1. The number of ether oxygens (including phenoxy) is 1. The third-order valence-electron chi connectivity index (χ3n) is 5.56. The maximum atomic E-state index is 12.6. The Morgan fingerprint density at radius 2 is 1.76 bits per heavy atom. The lowest BCUT2D eigenvalue weighted by molar-refractivity contribution is 0.243. The van der Waals surface area contributed by atoms with Gasteiger partial charge in [0.05, 0.1) is 6.61 Å². The van der Waals surface area contributed by atoms with Gasteiger partial charge in [-0.2, -0.15) is 0 Å². The first-order valence-corrected chi connectivity index (χ1v) is 10.5. The van der Waals surface area contributed by atoms with Crippen LogP contribution in [0.15, 0.2) is 24.3 Å². The molecule has 2 amide bonds. The zero-order valence-electron chi connectivity index (χ0n) is 18.8. The summed E-state index contributed by atoms with van der Waals surface area (Å²) in [4.78, 5) is 12.6. The third-order valence-corrected chi connectivity index (χ3v) is 5.56. The van der Waals surface area contributed by atoms with Gasteiger partial charge in [-0.1, -0.05) is 38.1 Å². The van der Waals surface area contributed by atoms with Crippen LogP contribution >= 0.6 is 0 Å². The summed E-state index contributed by atoms with van der Waals surface area (Å²) in [6, 6.07) is 8.65. The molecule has 0 bridgehead atoms. The maximum absolute atomic E-state index is 12.6. The van der Waals surface area contributed by atoms with Gasteiger partial charge >= 0.3 is 6.03 Å². The Morgan fingerprint density at radius 3 is 2.34 bits per heavy atom. The Labute approximate surface area is 175 Å². The van der Waals surface area contributed by atoms with Crippen LogP contribution in [-0.2, 0) is 12.8 Å². The molecule has 1 aliphatic heterocycles. The minimum atomic E-state index is -0.285. The molecule has 0 unspecified atom stereocenters. The van der Waals surface area contributed by atoms with Crippen LogP contribution in [0.4, 0.5) is 10.5 Å². The number of benzene rings is 2. The summed E-state index contributed by atoms with van der Waals surface area (Å²) in [6.07, 6.45) is 1.68. The second-order valence-corrected chi connectivity index (χ2v) is 9.41. The first-order chi connectivity index (χ1) is 13.6. The van der Waals surface area contributed by atoms with Gasteiger partial charge in [-0.05, 0) is 62.8 Å². The quantitative estimate of drug-likeness (QED) is 0.681. The number of urea groups is 1. The first kappa shape index (κ1) is 21.2. The van der Waals surface area contributed by atoms with Crippen LogP contribution in [0, 0.1) is 13.8 Å². The lowest BCUT2D eigenvalue weighted by Crippen LogP contribution is -2.43. The summed E-state index contributed by atoms with van der Waals surface area (Å²) >= 11 is 0. The molecular weight excluding hydrogens is 360 g/mol. The fourth-order valence-corrected chi connectivity index (χ4v) is 3.95. The molecule has 4 nitrogen and oxygen atoms in total. The molecule has 1 aliphatic rings. The lowest BCUT2D eigenvalue weighted by atomic mass is 9.91. The van der Waals surface area contributed by atoms with Crippen LogP contribution < -0.4 is 15.4 Å². The summed E-state index contributed by atoms with van der Waals surface area (Å²) in [5, 5.41) is 6.10. The molecule has 4 heteroatoms. The van der Waals surface area contributed by atoms with Crippen molar-refractivity contribution >= 4 is 11.7 Å². The van der Waals surface area contributed by atoms with Gasteiger partial charge in [0.25, 0.3) is 0 Å². The highest BCUT2D eigenvalue weighted by atomic mass is 16.5. The van der Waals surface area contributed by atoms with Crippen molar-refractivity contribution in [2.24, 2.45) is 0 Å². The molecule has 29 heavy (non-hydrogen) atoms. The van der Waals surface area contributed by atoms with Crippen LogP contribution in [0.2, 0.25) is 0 Å². The molecule has 0 aliphatic carbocycles. The van der Waals surface area contributed by atoms with Gasteiger partial charge in [-0.15, -0.1) is 0 Å². The van der Waals surface area contributed by atoms with E-state index in [-0.39, 0.29) is 11.6 Å². The maximum Gasteiger partial charge on any atom is 0.319 e. The van der Waals surface area contributed by atoms with Gasteiger partial charge in [0.2, 0.25) is 0 Å². The molecule has 0 spiro atoms. The predicted molar refractivity (Wildman–Crippen MR) is 120 cm³/mol. The van der Waals surface area contributed by atoms with Crippen molar-refractivity contribution in [1.82, 2.24) is 5.32 Å². The van der Waals surface area contributed by atoms with Gasteiger partial charge < -0.3 is 15.4 Å². The number of carbonyl (C=O) groups is 1. The summed E-state index contributed by atoms with van der Waals surface area (Å²) < 4.78 is 6.04. The van der Waals surface area contributed by atoms with Crippen LogP contribution in [0.1, 0.15) is 73.9 Å². The zero-order valence-corrected chi connectivity index (χ0v) is 18.8. The van der Waals surface area contributed by atoms with Crippen molar-refractivity contribution in [2.45, 2.75) is 72.8 Å². The molecule has 3 rings (SSSR count). The highest BCUT2D eigenvalue weighted by Gasteiger charge is 2.26. The fraction of sp³-hybridized carbons (Fsp3) is 0.480. The van der Waals surface area contributed by atoms with Gasteiger partial charge in [0.1, 0.15) is 5.75 Å². The number of nitrogens with one attached hydrogen (secondary N) is 2. The van der Waals surface area contributed by atoms with Gasteiger partial charge in [0, 0.05) is 35.2 Å². The van der Waals surface area contributed by atoms with Crippen molar-refractivity contribution in [3.05, 3.63) is 57.6 Å². The van der Waals surface area contributed by atoms with E-state index in [4.69, 9.17) is 4.74 Å². The van der Waals surface area contributed by atoms with Gasteiger partial charge in [-0.3, -0.25) is 0 Å². The minimum Gasteiger partial charge on any atom is -0.493 e. The Kier molecular flexibility index (Phi) is 5.92. The Hall–Kier alpha value is -2.49. The smallest absolute Gasteiger partial charge is 0.319 e. The van der Waals surface area contributed by atoms with Crippen molar-refractivity contribution in [3.8, 4) is 5.75 Å². The van der Waals surface area contributed by atoms with Gasteiger partial charge in [0.15, 0.2) is 0 Å². The standard InChI is InChI=1S/C25H34N2O2/c1-15(2)19-10-8-18(9-11-19)14-21-17(4)22(26-24(28)27-25(5,6)7)16(3)20-12-13-29-23(20)21/h8-11,15H,12-14H2,1-7H3,(H2,26,27,28). The number of hydrogen-bond acceptors (Lipinski definition) is 2. The average molecular weight is 395 g/mol. The first-order valence-electron chi connectivity index (χ1n) is 10.5. The van der Waals surface area contributed by atoms with Crippen molar-refractivity contribution in [3.63, 3.8) is 0 Å². The summed E-state index contributed by atoms with van der Waals surface area (Å²) in [7, 11) is 0. The van der Waals surface area contributed by atoms with E-state index in [0.29, 0.717) is 12.5 Å². The van der Waals surface area contributed by atoms with E-state index in [9.17, 15) is 4.79 Å². The Bertz CT molecular complexity index is 906. The lowest BCUT2D eigenvalue weighted by Gasteiger charge is -2.24. The van der Waals surface area contributed by atoms with Crippen molar-refractivity contribution < 1.29 is 9.53 Å². The molecule has 2 N–H and O–H groups in total. The van der Waals surface area contributed by atoms with E-state index < -0.39 is 0 Å². The number of fused-ring (bicyclic) bond motifs is 1. The number of anilines is 1. The van der Waals surface area contributed by atoms with Crippen LogP contribution in [-0.4, -0.2) is 18.2 Å². The average Bonchev–Trinajstić information content (AvgIpc) is 3.11. The highest BCUT2D eigenvalue weighted by molar-refractivity contribution is 5.92. The second-order valence-electron chi connectivity index (χ2n) is 9.41. The normalized spacial score (nSPS) is 13.2. The zero-order chi connectivity index (χ0) is 21.3. The summed E-state index contributed by atoms with van der Waals surface area (Å²) in [5.41, 5.74) is 7.80. The van der Waals surface area contributed by atoms with Gasteiger partial charge in [-0.25, -0.2) is 4.79 Å². The molecule has 0 atom stereocenters. The third kappa shape index (κ3) is 4.75. The van der Waals surface area contributed by atoms with Crippen molar-refractivity contribution in [2.75, 3.05) is 11.9 Å². The SMILES string of the molecule is Cc1c2c(c(Cc3ccc(C(C)C)cc3)c(C)c1NC(=O)NC(C)(C)C)OCC2. The molecule has 2 aromatic carbocycles. The molecule has 0 saturated carbocycles. The predicted octanol–water partition coefficient (Wildman–Crippen LogP) is 5.87. The molecule has 1 heterocycles. The molecule has 0 aromatic heterocycles. The van der Waals surface area contributed by atoms with E-state index in [2.05, 4.69) is 62.6 Å². The fourth-order valence-electron chi connectivity index (χ4n) is 3.95. The van der Waals surface area contributed by atoms with E-state index in [1.54, 1.807) is 0 Å². The van der Waals surface area contributed by atoms with E-state index >= 15 is 0 Å². The second kappa shape index (κ2) is 8.10. The summed E-state index contributed by atoms with van der Waals surface area (Å²) in [5.74, 6) is 1.53. The topological polar surface area (TPSA) is 50.4 Å².